The molecular weight excluding hydrogens is 384 g/mol. The van der Waals surface area contributed by atoms with Gasteiger partial charge in [-0.15, -0.1) is 0 Å². The first-order valence-electron chi connectivity index (χ1n) is 11.0. The second kappa shape index (κ2) is 7.93. The zero-order valence-corrected chi connectivity index (χ0v) is 18.9. The first kappa shape index (κ1) is 22.7. The standard InChI is InChI=1S/C24H34O6/c1-7-18(25)15-12-13(2)23(3,21(27)29-5)17-10-9-16-14(20(15)17)8-11-19(26)24(16,4)22(28)30-6/h8,11,13-17,20H,7,9-10,12H2,1-6H3/t13-,14-,15+,16+,17+,20-,23-,24-/m1/s1. The van der Waals surface area contributed by atoms with Crippen LogP contribution in [0.15, 0.2) is 12.2 Å². The SMILES string of the molecule is CCC(=O)[C@@H]1C[C@@H](C)[C@@](C)(C(=O)OC)[C@H]2CC[C@H]3[C@@H](C=CC(=O)[C@]3(C)C(=O)OC)[C@H]12. The lowest BCUT2D eigenvalue weighted by Crippen LogP contribution is -2.60. The number of ketones is 2. The Balaban J connectivity index is 2.13. The van der Waals surface area contributed by atoms with Crippen molar-refractivity contribution in [2.45, 2.75) is 53.4 Å². The molecule has 0 aliphatic heterocycles. The third kappa shape index (κ3) is 2.97. The Labute approximate surface area is 178 Å². The fourth-order valence-corrected chi connectivity index (χ4v) is 6.81. The molecule has 0 spiro atoms. The maximum atomic E-state index is 13.0. The van der Waals surface area contributed by atoms with Crippen LogP contribution >= 0.6 is 0 Å². The van der Waals surface area contributed by atoms with Gasteiger partial charge in [-0.1, -0.05) is 19.9 Å². The van der Waals surface area contributed by atoms with E-state index in [4.69, 9.17) is 9.47 Å². The first-order chi connectivity index (χ1) is 14.1. The van der Waals surface area contributed by atoms with Crippen molar-refractivity contribution in [2.24, 2.45) is 46.3 Å². The highest BCUT2D eigenvalue weighted by Gasteiger charge is 2.64. The zero-order chi connectivity index (χ0) is 22.4. The number of hydrogen-bond donors (Lipinski definition) is 0. The predicted octanol–water partition coefficient (Wildman–Crippen LogP) is 3.38. The van der Waals surface area contributed by atoms with Crippen LogP contribution in [0.3, 0.4) is 0 Å². The molecule has 0 unspecified atom stereocenters. The minimum Gasteiger partial charge on any atom is -0.469 e. The van der Waals surface area contributed by atoms with Crippen molar-refractivity contribution in [1.82, 2.24) is 0 Å². The predicted molar refractivity (Wildman–Crippen MR) is 110 cm³/mol. The molecule has 0 N–H and O–H groups in total. The first-order valence-corrected chi connectivity index (χ1v) is 11.0. The lowest BCUT2D eigenvalue weighted by Gasteiger charge is -2.59. The summed E-state index contributed by atoms with van der Waals surface area (Å²) in [5.74, 6) is -1.54. The Kier molecular flexibility index (Phi) is 6.00. The molecule has 30 heavy (non-hydrogen) atoms. The Morgan fingerprint density at radius 2 is 1.67 bits per heavy atom. The van der Waals surface area contributed by atoms with E-state index in [-0.39, 0.29) is 53.0 Å². The van der Waals surface area contributed by atoms with Gasteiger partial charge in [-0.05, 0) is 68.8 Å². The molecule has 6 nitrogen and oxygen atoms in total. The number of carbonyl (C=O) groups excluding carboxylic acids is 4. The summed E-state index contributed by atoms with van der Waals surface area (Å²) in [6, 6.07) is 0. The lowest BCUT2D eigenvalue weighted by atomic mass is 9.43. The quantitative estimate of drug-likeness (QED) is 0.514. The average Bonchev–Trinajstić information content (AvgIpc) is 2.76. The van der Waals surface area contributed by atoms with Crippen molar-refractivity contribution in [3.63, 3.8) is 0 Å². The van der Waals surface area contributed by atoms with Crippen molar-refractivity contribution in [3.05, 3.63) is 12.2 Å². The fraction of sp³-hybridized carbons (Fsp3) is 0.750. The van der Waals surface area contributed by atoms with Crippen LogP contribution < -0.4 is 0 Å². The normalized spacial score (nSPS) is 42.7. The molecule has 166 valence electrons. The van der Waals surface area contributed by atoms with Gasteiger partial charge < -0.3 is 9.47 Å². The number of allylic oxidation sites excluding steroid dienone is 2. The van der Waals surface area contributed by atoms with Crippen LogP contribution in [0.2, 0.25) is 0 Å². The van der Waals surface area contributed by atoms with E-state index >= 15 is 0 Å². The molecule has 6 heteroatoms. The molecule has 2 saturated carbocycles. The van der Waals surface area contributed by atoms with E-state index in [1.807, 2.05) is 26.8 Å². The molecule has 3 aliphatic rings. The molecule has 3 rings (SSSR count). The molecule has 0 heterocycles. The molecule has 3 aliphatic carbocycles. The number of methoxy groups -OCH3 is 2. The fourth-order valence-electron chi connectivity index (χ4n) is 6.81. The summed E-state index contributed by atoms with van der Waals surface area (Å²) in [5, 5.41) is 0. The molecule has 0 bridgehead atoms. The van der Waals surface area contributed by atoms with Gasteiger partial charge in [0.2, 0.25) is 0 Å². The zero-order valence-electron chi connectivity index (χ0n) is 18.9. The van der Waals surface area contributed by atoms with Crippen LogP contribution in [-0.4, -0.2) is 37.7 Å². The van der Waals surface area contributed by atoms with Crippen LogP contribution in [-0.2, 0) is 28.7 Å². The summed E-state index contributed by atoms with van der Waals surface area (Å²) in [6.07, 6.45) is 5.71. The number of ether oxygens (including phenoxy) is 2. The van der Waals surface area contributed by atoms with Gasteiger partial charge in [-0.2, -0.15) is 0 Å². The Morgan fingerprint density at radius 1 is 1.07 bits per heavy atom. The summed E-state index contributed by atoms with van der Waals surface area (Å²) in [7, 11) is 2.72. The Morgan fingerprint density at radius 3 is 2.23 bits per heavy atom. The molecule has 0 aromatic heterocycles. The van der Waals surface area contributed by atoms with Crippen LogP contribution in [0.4, 0.5) is 0 Å². The van der Waals surface area contributed by atoms with Gasteiger partial charge in [-0.3, -0.25) is 19.2 Å². The maximum absolute atomic E-state index is 13.0. The van der Waals surface area contributed by atoms with Gasteiger partial charge >= 0.3 is 11.9 Å². The highest BCUT2D eigenvalue weighted by Crippen LogP contribution is 2.62. The second-order valence-electron chi connectivity index (χ2n) is 9.70. The van der Waals surface area contributed by atoms with Gasteiger partial charge in [-0.25, -0.2) is 0 Å². The Hall–Kier alpha value is -1.98. The third-order valence-corrected chi connectivity index (χ3v) is 8.75. The summed E-state index contributed by atoms with van der Waals surface area (Å²) < 4.78 is 10.2. The highest BCUT2D eigenvalue weighted by molar-refractivity contribution is 6.10. The van der Waals surface area contributed by atoms with Crippen molar-refractivity contribution >= 4 is 23.5 Å². The monoisotopic (exact) mass is 418 g/mol. The molecule has 0 radical (unpaired) electrons. The van der Waals surface area contributed by atoms with E-state index in [1.165, 1.54) is 20.3 Å². The molecule has 2 fully saturated rings. The van der Waals surface area contributed by atoms with Gasteiger partial charge in [0.15, 0.2) is 5.78 Å². The van der Waals surface area contributed by atoms with E-state index in [2.05, 4.69) is 0 Å². The second-order valence-corrected chi connectivity index (χ2v) is 9.70. The van der Waals surface area contributed by atoms with Gasteiger partial charge in [0.1, 0.15) is 11.2 Å². The van der Waals surface area contributed by atoms with E-state index in [1.54, 1.807) is 6.92 Å². The van der Waals surface area contributed by atoms with Crippen molar-refractivity contribution in [1.29, 1.82) is 0 Å². The van der Waals surface area contributed by atoms with E-state index in [0.29, 0.717) is 25.7 Å². The minimum atomic E-state index is -1.26. The van der Waals surface area contributed by atoms with Gasteiger partial charge in [0.25, 0.3) is 0 Å². The van der Waals surface area contributed by atoms with Gasteiger partial charge in [0.05, 0.1) is 19.6 Å². The van der Waals surface area contributed by atoms with Crippen LogP contribution in [0.25, 0.3) is 0 Å². The van der Waals surface area contributed by atoms with E-state index in [0.717, 1.165) is 0 Å². The summed E-state index contributed by atoms with van der Waals surface area (Å²) in [4.78, 5) is 51.5. The summed E-state index contributed by atoms with van der Waals surface area (Å²) >= 11 is 0. The topological polar surface area (TPSA) is 86.7 Å². The maximum Gasteiger partial charge on any atom is 0.319 e. The summed E-state index contributed by atoms with van der Waals surface area (Å²) in [6.45, 7) is 7.54. The Bertz CT molecular complexity index is 785. The molecule has 0 amide bonds. The number of rotatable bonds is 4. The molecule has 0 saturated heterocycles. The number of carbonyl (C=O) groups is 4. The van der Waals surface area contributed by atoms with Crippen molar-refractivity contribution in [3.8, 4) is 0 Å². The molecule has 0 aromatic rings. The highest BCUT2D eigenvalue weighted by atomic mass is 16.5. The molecular formula is C24H34O6. The largest absolute Gasteiger partial charge is 0.469 e. The average molecular weight is 419 g/mol. The smallest absolute Gasteiger partial charge is 0.319 e. The number of esters is 2. The number of hydrogen-bond acceptors (Lipinski definition) is 6. The van der Waals surface area contributed by atoms with E-state index < -0.39 is 16.8 Å². The van der Waals surface area contributed by atoms with Crippen LogP contribution in [0.1, 0.15) is 53.4 Å². The van der Waals surface area contributed by atoms with Crippen molar-refractivity contribution in [2.75, 3.05) is 14.2 Å². The van der Waals surface area contributed by atoms with Crippen molar-refractivity contribution < 1.29 is 28.7 Å². The molecule has 8 atom stereocenters. The minimum absolute atomic E-state index is 0.00411. The third-order valence-electron chi connectivity index (χ3n) is 8.75. The van der Waals surface area contributed by atoms with Crippen LogP contribution in [0, 0.1) is 46.3 Å². The van der Waals surface area contributed by atoms with E-state index in [9.17, 15) is 19.2 Å². The lowest BCUT2D eigenvalue weighted by molar-refractivity contribution is -0.183. The number of Topliss-reactive ketones (excluding diaryl/α,β-unsaturated/α-hetero) is 1. The van der Waals surface area contributed by atoms with Crippen LogP contribution in [0.5, 0.6) is 0 Å². The molecule has 0 aromatic carbocycles. The van der Waals surface area contributed by atoms with Gasteiger partial charge in [0, 0.05) is 12.3 Å². The number of fused-ring (bicyclic) bond motifs is 3. The summed E-state index contributed by atoms with van der Waals surface area (Å²) in [5.41, 5.74) is -1.96.